The molecule has 6 atom stereocenters. The van der Waals surface area contributed by atoms with Gasteiger partial charge in [-0.25, -0.2) is 29.1 Å². The Morgan fingerprint density at radius 1 is 0.945 bits per heavy atom. The first-order chi connectivity index (χ1) is 34.8. The minimum absolute atomic E-state index is 0.0123. The Morgan fingerprint density at radius 2 is 1.66 bits per heavy atom. The predicted octanol–water partition coefficient (Wildman–Crippen LogP) is 0.592. The number of carboxylic acids is 2. The number of allylic oxidation sites excluding steroid dienone is 2. The summed E-state index contributed by atoms with van der Waals surface area (Å²) in [6.07, 6.45) is -1.12. The van der Waals surface area contributed by atoms with E-state index >= 15 is 0 Å². The highest BCUT2D eigenvalue weighted by atomic mass is 33.1. The molecule has 0 spiro atoms. The van der Waals surface area contributed by atoms with Crippen molar-refractivity contribution in [1.82, 2.24) is 40.4 Å². The number of H-pyrrole nitrogens is 1. The van der Waals surface area contributed by atoms with Gasteiger partial charge >= 0.3 is 24.1 Å². The number of hydrogen-bond acceptors (Lipinski definition) is 21. The summed E-state index contributed by atoms with van der Waals surface area (Å²) in [6.45, 7) is 1.18. The first kappa shape index (κ1) is 51.1. The molecule has 73 heavy (non-hydrogen) atoms. The largest absolute Gasteiger partial charge is 0.480 e. The Bertz CT molecular complexity index is 3080. The summed E-state index contributed by atoms with van der Waals surface area (Å²) in [5.41, 5.74) is 16.6. The molecule has 3 aliphatic heterocycles. The van der Waals surface area contributed by atoms with Gasteiger partial charge in [0.05, 0.1) is 41.8 Å². The van der Waals surface area contributed by atoms with Crippen molar-refractivity contribution in [2.75, 3.05) is 37.1 Å². The van der Waals surface area contributed by atoms with E-state index in [4.69, 9.17) is 31.4 Å². The zero-order valence-corrected chi connectivity index (χ0v) is 40.2. The molecule has 2 saturated heterocycles. The third-order valence-corrected chi connectivity index (χ3v) is 15.0. The van der Waals surface area contributed by atoms with Crippen LogP contribution in [0.4, 0.5) is 21.2 Å². The van der Waals surface area contributed by atoms with Crippen LogP contribution in [0.5, 0.6) is 0 Å². The number of ketones is 2. The first-order valence-corrected chi connectivity index (χ1v) is 24.4. The van der Waals surface area contributed by atoms with Gasteiger partial charge in [0.15, 0.2) is 16.9 Å². The van der Waals surface area contributed by atoms with Gasteiger partial charge in [0, 0.05) is 53.1 Å². The second-order valence-electron chi connectivity index (χ2n) is 17.0. The third kappa shape index (κ3) is 10.3. The van der Waals surface area contributed by atoms with Crippen LogP contribution in [-0.4, -0.2) is 143 Å². The van der Waals surface area contributed by atoms with Crippen molar-refractivity contribution in [2.24, 2.45) is 17.4 Å². The van der Waals surface area contributed by atoms with E-state index in [1.165, 1.54) is 48.1 Å². The highest BCUT2D eigenvalue weighted by Gasteiger charge is 2.78. The molecule has 1 aliphatic carbocycles. The molecule has 2 aromatic heterocycles. The number of fused-ring (bicyclic) bond motifs is 5. The standard InChI is InChI=1S/C45H46N12O14S2/c1-19-31(46)35(60)30-25(17-70-43(48)67)45(69-2)36-28(15-56(45)33(30)34(19)59)57(36)44(68)71-16-20-3-9-24(10-4-20)73-72-18-27(41(65)66)52-29(58)12-11-26(40(63)64)53-38(61)21-5-7-22(8-6-21)49-13-23-14-50-37-32(51-23)39(62)55-42(47)54-37/h3-10,14,25-28,36,49H,11-13,15-18,46H2,1-2H3,(H2,48,67)(H,52,58)(H,53,61)(H,63,64)(H,65,66)(H3,47,50,54,55,62)/t25-,26+,27+,28?,36?,45-,57?/m1/s1. The van der Waals surface area contributed by atoms with E-state index in [2.05, 4.69) is 35.9 Å². The molecular formula is C45H46N12O14S2. The molecular weight excluding hydrogens is 997 g/mol. The molecule has 28 heteroatoms. The van der Waals surface area contributed by atoms with Crippen LogP contribution < -0.4 is 38.7 Å². The zero-order valence-electron chi connectivity index (χ0n) is 38.6. The minimum atomic E-state index is -1.47. The van der Waals surface area contributed by atoms with E-state index in [0.717, 1.165) is 10.8 Å². The van der Waals surface area contributed by atoms with Crippen molar-refractivity contribution in [1.29, 1.82) is 0 Å². The lowest BCUT2D eigenvalue weighted by Crippen LogP contribution is -2.56. The Hall–Kier alpha value is -8.24. The summed E-state index contributed by atoms with van der Waals surface area (Å²) in [5.74, 6) is -6.44. The summed E-state index contributed by atoms with van der Waals surface area (Å²) in [5, 5.41) is 27.5. The van der Waals surface area contributed by atoms with E-state index in [1.54, 1.807) is 41.3 Å². The number of benzene rings is 2. The molecule has 12 N–H and O–H groups in total. The number of aromatic nitrogens is 4. The normalized spacial score (nSPS) is 20.4. The van der Waals surface area contributed by atoms with Crippen molar-refractivity contribution in [3.63, 3.8) is 0 Å². The van der Waals surface area contributed by atoms with Crippen molar-refractivity contribution < 1.29 is 62.8 Å². The average molecular weight is 1040 g/mol. The van der Waals surface area contributed by atoms with Gasteiger partial charge in [0.2, 0.25) is 23.4 Å². The van der Waals surface area contributed by atoms with Crippen LogP contribution in [0.25, 0.3) is 11.2 Å². The van der Waals surface area contributed by atoms with Gasteiger partial charge in [-0.2, -0.15) is 4.98 Å². The van der Waals surface area contributed by atoms with Gasteiger partial charge in [0.25, 0.3) is 11.5 Å². The van der Waals surface area contributed by atoms with E-state index in [9.17, 15) is 53.4 Å². The maximum Gasteiger partial charge on any atom is 0.410 e. The maximum atomic E-state index is 13.5. The van der Waals surface area contributed by atoms with Gasteiger partial charge in [-0.1, -0.05) is 33.7 Å². The number of nitrogens with two attached hydrogens (primary N) is 3. The fourth-order valence-electron chi connectivity index (χ4n) is 8.96. The molecule has 2 fully saturated rings. The number of methoxy groups -OCH3 is 1. The number of Topliss-reactive ketones (excluding diaryl/α,β-unsaturated/α-hetero) is 2. The number of anilines is 2. The Balaban J connectivity index is 0.768. The molecule has 4 aromatic rings. The third-order valence-electron chi connectivity index (χ3n) is 12.6. The number of aromatic amines is 1. The fraction of sp³-hybridized carbons (Fsp3) is 0.333. The predicted molar refractivity (Wildman–Crippen MR) is 258 cm³/mol. The second kappa shape index (κ2) is 20.8. The summed E-state index contributed by atoms with van der Waals surface area (Å²) in [4.78, 5) is 132. The fourth-order valence-corrected chi connectivity index (χ4v) is 11.1. The Kier molecular flexibility index (Phi) is 14.6. The van der Waals surface area contributed by atoms with E-state index in [-0.39, 0.29) is 77.1 Å². The molecule has 0 radical (unpaired) electrons. The number of carbonyl (C=O) groups is 8. The summed E-state index contributed by atoms with van der Waals surface area (Å²) < 4.78 is 16.8. The maximum absolute atomic E-state index is 13.5. The van der Waals surface area contributed by atoms with Crippen LogP contribution in [-0.2, 0) is 51.3 Å². The van der Waals surface area contributed by atoms with E-state index < -0.39 is 102 Å². The molecule has 0 bridgehead atoms. The summed E-state index contributed by atoms with van der Waals surface area (Å²) in [7, 11) is 3.72. The summed E-state index contributed by atoms with van der Waals surface area (Å²) >= 11 is 0. The van der Waals surface area contributed by atoms with Crippen molar-refractivity contribution >= 4 is 91.9 Å². The highest BCUT2D eigenvalue weighted by molar-refractivity contribution is 8.76. The number of piperazine rings is 1. The van der Waals surface area contributed by atoms with Crippen LogP contribution in [0.3, 0.4) is 0 Å². The number of carbonyl (C=O) groups excluding carboxylic acids is 6. The van der Waals surface area contributed by atoms with Crippen LogP contribution in [0, 0.1) is 5.92 Å². The SMILES string of the molecule is CO[C@]12C3C(CN1C1=C(C(=O)C(N)=C(C)C1=O)[C@H]2COC(N)=O)N3C(=O)OCc1ccc(SSC[C@H](NC(=O)CC[C@H](NC(=O)c2ccc(NCc3cnc4nc(N)[nH]c(=O)c4n3)cc2)C(=O)O)C(=O)O)cc1. The van der Waals surface area contributed by atoms with Gasteiger partial charge < -0.3 is 62.5 Å². The number of aliphatic carboxylic acids is 2. The first-order valence-electron chi connectivity index (χ1n) is 22.1. The lowest BCUT2D eigenvalue weighted by molar-refractivity contribution is -0.144. The number of hydrogen-bond donors (Lipinski definition) is 9. The zero-order chi connectivity index (χ0) is 52.5. The van der Waals surface area contributed by atoms with Gasteiger partial charge in [-0.3, -0.25) is 33.9 Å². The number of rotatable bonds is 20. The van der Waals surface area contributed by atoms with Crippen molar-refractivity contribution in [3.05, 3.63) is 104 Å². The molecule has 382 valence electrons. The molecule has 26 nitrogen and oxygen atoms in total. The summed E-state index contributed by atoms with van der Waals surface area (Å²) in [6, 6.07) is 8.93. The second-order valence-corrected chi connectivity index (χ2v) is 19.4. The smallest absolute Gasteiger partial charge is 0.410 e. The van der Waals surface area contributed by atoms with Gasteiger partial charge in [0.1, 0.15) is 31.3 Å². The van der Waals surface area contributed by atoms with Gasteiger partial charge in [-0.15, -0.1) is 0 Å². The molecule has 4 amide bonds. The quantitative estimate of drug-likeness (QED) is 0.0332. The molecule has 0 saturated carbocycles. The van der Waals surface area contributed by atoms with Crippen molar-refractivity contribution in [3.8, 4) is 0 Å². The minimum Gasteiger partial charge on any atom is -0.480 e. The number of nitrogens with one attached hydrogen (secondary N) is 4. The Morgan fingerprint density at radius 3 is 2.33 bits per heavy atom. The van der Waals surface area contributed by atoms with Crippen LogP contribution in [0.1, 0.15) is 41.4 Å². The van der Waals surface area contributed by atoms with Crippen LogP contribution in [0.15, 0.2) is 87.0 Å². The molecule has 2 aromatic carbocycles. The number of nitrogens with zero attached hydrogens (tertiary/aromatic N) is 5. The Labute approximate surface area is 420 Å². The van der Waals surface area contributed by atoms with Crippen LogP contribution in [0.2, 0.25) is 0 Å². The molecule has 5 heterocycles. The number of nitrogen functional groups attached to an aromatic ring is 1. The van der Waals surface area contributed by atoms with Gasteiger partial charge in [-0.05, 0) is 55.3 Å². The highest BCUT2D eigenvalue weighted by Crippen LogP contribution is 2.60. The number of amides is 4. The number of carboxylic acid groups (broad SMARTS) is 2. The van der Waals surface area contributed by atoms with Crippen molar-refractivity contribution in [2.45, 2.75) is 67.7 Å². The lowest BCUT2D eigenvalue weighted by atomic mass is 9.82. The van der Waals surface area contributed by atoms with E-state index in [0.29, 0.717) is 21.8 Å². The average Bonchev–Trinajstić information content (AvgIpc) is 3.88. The monoisotopic (exact) mass is 1040 g/mol. The number of primary amides is 1. The van der Waals surface area contributed by atoms with E-state index in [1.807, 2.05) is 0 Å². The molecule has 4 aliphatic rings. The molecule has 2 unspecified atom stereocenters. The van der Waals surface area contributed by atoms with Crippen LogP contribution >= 0.6 is 21.6 Å². The molecule has 8 rings (SSSR count). The number of ether oxygens (including phenoxy) is 3. The lowest BCUT2D eigenvalue weighted by Gasteiger charge is -2.40. The topological polar surface area (TPSA) is 397 Å².